The molecule has 3 aliphatic rings. The SMILES string of the molecule is CC(C)[C@H]1CC2=CC3(CC[C@@]2(C)[C@H]([Si](C)(C)C)C1)SCCS3. The van der Waals surface area contributed by atoms with Crippen molar-refractivity contribution in [3.8, 4) is 0 Å². The Hall–Kier alpha value is 0.657. The van der Waals surface area contributed by atoms with E-state index in [0.29, 0.717) is 9.49 Å². The van der Waals surface area contributed by atoms with Gasteiger partial charge in [-0.05, 0) is 48.5 Å². The van der Waals surface area contributed by atoms with E-state index in [9.17, 15) is 0 Å². The summed E-state index contributed by atoms with van der Waals surface area (Å²) in [5.41, 5.74) is 3.35. The first kappa shape index (κ1) is 17.5. The Morgan fingerprint density at radius 3 is 2.32 bits per heavy atom. The van der Waals surface area contributed by atoms with Crippen molar-refractivity contribution < 1.29 is 0 Å². The Morgan fingerprint density at radius 1 is 1.14 bits per heavy atom. The summed E-state index contributed by atoms with van der Waals surface area (Å²) in [7, 11) is -1.13. The molecule has 0 unspecified atom stereocenters. The van der Waals surface area contributed by atoms with E-state index in [4.69, 9.17) is 0 Å². The third kappa shape index (κ3) is 2.99. The zero-order valence-electron chi connectivity index (χ0n) is 15.4. The third-order valence-electron chi connectivity index (χ3n) is 6.67. The molecule has 0 radical (unpaired) electrons. The molecule has 0 bridgehead atoms. The van der Waals surface area contributed by atoms with Gasteiger partial charge in [0.05, 0.1) is 4.08 Å². The van der Waals surface area contributed by atoms with E-state index in [-0.39, 0.29) is 0 Å². The zero-order valence-corrected chi connectivity index (χ0v) is 18.0. The fraction of sp³-hybridized carbons (Fsp3) is 0.895. The predicted molar refractivity (Wildman–Crippen MR) is 108 cm³/mol. The first-order valence-electron chi connectivity index (χ1n) is 9.16. The van der Waals surface area contributed by atoms with Gasteiger partial charge in [-0.1, -0.05) is 52.1 Å². The van der Waals surface area contributed by atoms with E-state index >= 15 is 0 Å². The quantitative estimate of drug-likeness (QED) is 0.401. The van der Waals surface area contributed by atoms with Gasteiger partial charge in [-0.25, -0.2) is 0 Å². The highest BCUT2D eigenvalue weighted by Gasteiger charge is 2.53. The van der Waals surface area contributed by atoms with Crippen molar-refractivity contribution in [2.45, 2.75) is 75.7 Å². The molecule has 0 aromatic rings. The lowest BCUT2D eigenvalue weighted by Crippen LogP contribution is -2.48. The highest BCUT2D eigenvalue weighted by molar-refractivity contribution is 8.21. The molecule has 2 fully saturated rings. The fourth-order valence-corrected chi connectivity index (χ4v) is 11.6. The number of hydrogen-bond acceptors (Lipinski definition) is 2. The van der Waals surface area contributed by atoms with Crippen molar-refractivity contribution in [2.24, 2.45) is 17.3 Å². The number of thioether (sulfide) groups is 2. The summed E-state index contributed by atoms with van der Waals surface area (Å²) in [6.07, 6.45) is 8.52. The van der Waals surface area contributed by atoms with Crippen LogP contribution in [0.1, 0.15) is 46.5 Å². The van der Waals surface area contributed by atoms with E-state index in [1.54, 1.807) is 0 Å². The molecule has 2 aliphatic carbocycles. The number of hydrogen-bond donors (Lipinski definition) is 0. The van der Waals surface area contributed by atoms with Crippen molar-refractivity contribution in [1.82, 2.24) is 0 Å². The highest BCUT2D eigenvalue weighted by Crippen LogP contribution is 2.64. The molecule has 0 amide bonds. The minimum Gasteiger partial charge on any atom is -0.139 e. The molecule has 1 saturated carbocycles. The van der Waals surface area contributed by atoms with Crippen LogP contribution in [0.2, 0.25) is 25.2 Å². The van der Waals surface area contributed by atoms with Crippen LogP contribution in [0, 0.1) is 17.3 Å². The topological polar surface area (TPSA) is 0 Å². The summed E-state index contributed by atoms with van der Waals surface area (Å²) in [6.45, 7) is 15.4. The molecule has 0 nitrogen and oxygen atoms in total. The van der Waals surface area contributed by atoms with Crippen LogP contribution in [0.3, 0.4) is 0 Å². The van der Waals surface area contributed by atoms with Gasteiger partial charge in [0.25, 0.3) is 0 Å². The number of allylic oxidation sites excluding steroid dienone is 1. The lowest BCUT2D eigenvalue weighted by atomic mass is 9.61. The van der Waals surface area contributed by atoms with Gasteiger partial charge in [-0.3, -0.25) is 0 Å². The molecule has 0 aromatic heterocycles. The van der Waals surface area contributed by atoms with Crippen LogP contribution in [-0.4, -0.2) is 23.7 Å². The van der Waals surface area contributed by atoms with Gasteiger partial charge in [0.15, 0.2) is 0 Å². The summed E-state index contributed by atoms with van der Waals surface area (Å²) in [5.74, 6) is 4.47. The molecule has 1 aliphatic heterocycles. The minimum atomic E-state index is -1.13. The van der Waals surface area contributed by atoms with Gasteiger partial charge in [0.1, 0.15) is 0 Å². The molecular formula is C19H34S2Si. The average Bonchev–Trinajstić information content (AvgIpc) is 2.85. The van der Waals surface area contributed by atoms with E-state index in [0.717, 1.165) is 17.4 Å². The van der Waals surface area contributed by atoms with Crippen LogP contribution in [0.5, 0.6) is 0 Å². The zero-order chi connectivity index (χ0) is 16.2. The van der Waals surface area contributed by atoms with Gasteiger partial charge < -0.3 is 0 Å². The fourth-order valence-electron chi connectivity index (χ4n) is 5.23. The van der Waals surface area contributed by atoms with Crippen molar-refractivity contribution >= 4 is 31.6 Å². The van der Waals surface area contributed by atoms with Crippen molar-refractivity contribution in [1.29, 1.82) is 0 Å². The van der Waals surface area contributed by atoms with Gasteiger partial charge in [-0.2, -0.15) is 0 Å². The molecule has 0 N–H and O–H groups in total. The average molecular weight is 355 g/mol. The predicted octanol–water partition coefficient (Wildman–Crippen LogP) is 6.66. The van der Waals surface area contributed by atoms with E-state index in [1.165, 1.54) is 37.2 Å². The van der Waals surface area contributed by atoms with Crippen LogP contribution in [0.4, 0.5) is 0 Å². The third-order valence-corrected chi connectivity index (χ3v) is 13.0. The first-order valence-corrected chi connectivity index (χ1v) is 14.7. The lowest BCUT2D eigenvalue weighted by molar-refractivity contribution is 0.185. The summed E-state index contributed by atoms with van der Waals surface area (Å²) in [6, 6.07) is 0. The van der Waals surface area contributed by atoms with Crippen LogP contribution >= 0.6 is 23.5 Å². The van der Waals surface area contributed by atoms with Crippen molar-refractivity contribution in [3.63, 3.8) is 0 Å². The molecule has 3 atom stereocenters. The normalized spacial score (nSPS) is 38.2. The van der Waals surface area contributed by atoms with Crippen molar-refractivity contribution in [3.05, 3.63) is 11.6 Å². The van der Waals surface area contributed by atoms with Gasteiger partial charge in [0.2, 0.25) is 0 Å². The minimum absolute atomic E-state index is 0.456. The maximum absolute atomic E-state index is 2.78. The van der Waals surface area contributed by atoms with Crippen molar-refractivity contribution in [2.75, 3.05) is 11.5 Å². The van der Waals surface area contributed by atoms with E-state index < -0.39 is 8.07 Å². The lowest BCUT2D eigenvalue weighted by Gasteiger charge is -2.55. The Labute approximate surface area is 147 Å². The maximum Gasteiger partial charge on any atom is 0.0795 e. The monoisotopic (exact) mass is 354 g/mol. The molecule has 3 rings (SSSR count). The Bertz CT molecular complexity index is 457. The smallest absolute Gasteiger partial charge is 0.0795 e. The Morgan fingerprint density at radius 2 is 1.77 bits per heavy atom. The number of fused-ring (bicyclic) bond motifs is 1. The van der Waals surface area contributed by atoms with Gasteiger partial charge in [-0.15, -0.1) is 23.5 Å². The largest absolute Gasteiger partial charge is 0.139 e. The molecule has 126 valence electrons. The molecule has 1 saturated heterocycles. The maximum atomic E-state index is 2.78. The van der Waals surface area contributed by atoms with Crippen LogP contribution in [0.25, 0.3) is 0 Å². The molecule has 0 aromatic carbocycles. The standard InChI is InChI=1S/C19H34S2Si/c1-14(2)15-11-16-13-19(20-9-10-21-19)8-7-18(16,3)17(12-15)22(4,5)6/h13-15,17H,7-12H2,1-6H3/t15-,17+,18+/m0/s1. The summed E-state index contributed by atoms with van der Waals surface area (Å²) >= 11 is 4.47. The summed E-state index contributed by atoms with van der Waals surface area (Å²) in [4.78, 5) is 0. The molecule has 1 heterocycles. The van der Waals surface area contributed by atoms with Crippen LogP contribution in [-0.2, 0) is 0 Å². The molecular weight excluding hydrogens is 320 g/mol. The van der Waals surface area contributed by atoms with Crippen LogP contribution in [0.15, 0.2) is 11.6 Å². The molecule has 1 spiro atoms. The second-order valence-electron chi connectivity index (χ2n) is 9.46. The molecule has 3 heteroatoms. The van der Waals surface area contributed by atoms with E-state index in [1.807, 2.05) is 5.57 Å². The van der Waals surface area contributed by atoms with Gasteiger partial charge in [0, 0.05) is 19.6 Å². The summed E-state index contributed by atoms with van der Waals surface area (Å²) < 4.78 is 0.456. The number of rotatable bonds is 2. The second-order valence-corrected chi connectivity index (χ2v) is 18.0. The first-order chi connectivity index (χ1) is 10.2. The summed E-state index contributed by atoms with van der Waals surface area (Å²) in [5, 5.41) is 0. The highest BCUT2D eigenvalue weighted by atomic mass is 32.2. The van der Waals surface area contributed by atoms with E-state index in [2.05, 4.69) is 70.0 Å². The second kappa shape index (κ2) is 5.88. The van der Waals surface area contributed by atoms with Gasteiger partial charge >= 0.3 is 0 Å². The Kier molecular flexibility index (Phi) is 4.67. The van der Waals surface area contributed by atoms with Crippen LogP contribution < -0.4 is 0 Å². The molecule has 22 heavy (non-hydrogen) atoms. The Balaban J connectivity index is 1.99.